The van der Waals surface area contributed by atoms with Crippen molar-refractivity contribution in [2.24, 2.45) is 0 Å². The van der Waals surface area contributed by atoms with Crippen molar-refractivity contribution in [3.63, 3.8) is 0 Å². The van der Waals surface area contributed by atoms with Crippen molar-refractivity contribution in [2.75, 3.05) is 24.2 Å². The predicted molar refractivity (Wildman–Crippen MR) is 148 cm³/mol. The van der Waals surface area contributed by atoms with Gasteiger partial charge in [-0.1, -0.05) is 77.8 Å². The molecule has 196 valence electrons. The van der Waals surface area contributed by atoms with E-state index in [9.17, 15) is 18.0 Å². The molecule has 3 rings (SSSR count). The molecule has 7 nitrogen and oxygen atoms in total. The van der Waals surface area contributed by atoms with E-state index in [4.69, 9.17) is 23.2 Å². The Bertz CT molecular complexity index is 1370. The summed E-state index contributed by atoms with van der Waals surface area (Å²) in [4.78, 5) is 28.3. The van der Waals surface area contributed by atoms with E-state index in [0.717, 1.165) is 21.7 Å². The minimum Gasteiger partial charge on any atom is -0.357 e. The van der Waals surface area contributed by atoms with Crippen LogP contribution in [-0.4, -0.2) is 51.0 Å². The predicted octanol–water partition coefficient (Wildman–Crippen LogP) is 4.45. The first-order valence-electron chi connectivity index (χ1n) is 11.5. The van der Waals surface area contributed by atoms with Gasteiger partial charge in [-0.15, -0.1) is 0 Å². The van der Waals surface area contributed by atoms with Crippen molar-refractivity contribution in [1.29, 1.82) is 0 Å². The third-order valence-corrected chi connectivity index (χ3v) is 7.86. The van der Waals surface area contributed by atoms with E-state index in [1.165, 1.54) is 18.0 Å². The van der Waals surface area contributed by atoms with Gasteiger partial charge in [-0.05, 0) is 41.8 Å². The van der Waals surface area contributed by atoms with Gasteiger partial charge in [-0.2, -0.15) is 0 Å². The molecule has 0 heterocycles. The van der Waals surface area contributed by atoms with Gasteiger partial charge < -0.3 is 10.2 Å². The summed E-state index contributed by atoms with van der Waals surface area (Å²) < 4.78 is 26.5. The molecule has 0 saturated carbocycles. The second kappa shape index (κ2) is 12.4. The zero-order chi connectivity index (χ0) is 27.2. The highest BCUT2D eigenvalue weighted by Crippen LogP contribution is 2.26. The molecule has 3 aromatic carbocycles. The van der Waals surface area contributed by atoms with Crippen LogP contribution in [0, 0.1) is 6.92 Å². The Morgan fingerprint density at radius 2 is 1.59 bits per heavy atom. The van der Waals surface area contributed by atoms with Crippen LogP contribution >= 0.6 is 23.2 Å². The van der Waals surface area contributed by atoms with Gasteiger partial charge in [-0.3, -0.25) is 13.9 Å². The number of likely N-dealkylation sites (N-methyl/N-ethyl adjacent to an activating group) is 1. The molecule has 0 aliphatic rings. The number of sulfonamides is 1. The summed E-state index contributed by atoms with van der Waals surface area (Å²) >= 11 is 12.6. The monoisotopic (exact) mass is 561 g/mol. The SMILES string of the molecule is CNC(=O)[C@H](Cc1ccccc1)N(Cc1ccccc1Cl)C(=O)CN(c1ccc(C)c(Cl)c1)S(C)(=O)=O. The van der Waals surface area contributed by atoms with Crippen molar-refractivity contribution < 1.29 is 18.0 Å². The van der Waals surface area contributed by atoms with Gasteiger partial charge in [0.15, 0.2) is 0 Å². The number of hydrogen-bond acceptors (Lipinski definition) is 4. The lowest BCUT2D eigenvalue weighted by atomic mass is 10.0. The molecule has 0 saturated heterocycles. The van der Waals surface area contributed by atoms with Crippen LogP contribution in [0.15, 0.2) is 72.8 Å². The van der Waals surface area contributed by atoms with E-state index in [1.54, 1.807) is 43.3 Å². The summed E-state index contributed by atoms with van der Waals surface area (Å²) in [7, 11) is -2.37. The second-order valence-corrected chi connectivity index (χ2v) is 11.4. The number of carbonyl (C=O) groups is 2. The molecular weight excluding hydrogens is 533 g/mol. The third-order valence-electron chi connectivity index (χ3n) is 5.94. The zero-order valence-electron chi connectivity index (χ0n) is 20.8. The van der Waals surface area contributed by atoms with E-state index in [-0.39, 0.29) is 24.6 Å². The van der Waals surface area contributed by atoms with E-state index in [1.807, 2.05) is 30.3 Å². The summed E-state index contributed by atoms with van der Waals surface area (Å²) in [6, 6.07) is 20.2. The van der Waals surface area contributed by atoms with Gasteiger partial charge in [0.1, 0.15) is 12.6 Å². The minimum atomic E-state index is -3.87. The number of nitrogens with zero attached hydrogens (tertiary/aromatic N) is 2. The molecule has 0 radical (unpaired) electrons. The highest BCUT2D eigenvalue weighted by molar-refractivity contribution is 7.92. The van der Waals surface area contributed by atoms with E-state index < -0.39 is 28.5 Å². The Morgan fingerprint density at radius 3 is 2.19 bits per heavy atom. The lowest BCUT2D eigenvalue weighted by Gasteiger charge is -2.33. The van der Waals surface area contributed by atoms with Gasteiger partial charge in [-0.25, -0.2) is 8.42 Å². The molecule has 10 heteroatoms. The lowest BCUT2D eigenvalue weighted by Crippen LogP contribution is -2.52. The normalized spacial score (nSPS) is 12.0. The van der Waals surface area contributed by atoms with Crippen LogP contribution in [0.25, 0.3) is 0 Å². The molecule has 0 aromatic heterocycles. The number of nitrogens with one attached hydrogen (secondary N) is 1. The lowest BCUT2D eigenvalue weighted by molar-refractivity contribution is -0.139. The molecule has 1 N–H and O–H groups in total. The number of benzene rings is 3. The van der Waals surface area contributed by atoms with E-state index in [2.05, 4.69) is 5.32 Å². The van der Waals surface area contributed by atoms with Gasteiger partial charge in [0.2, 0.25) is 21.8 Å². The number of carbonyl (C=O) groups excluding carboxylic acids is 2. The molecular formula is C27H29Cl2N3O4S. The Labute approximate surface area is 228 Å². The Kier molecular flexibility index (Phi) is 9.59. The maximum Gasteiger partial charge on any atom is 0.244 e. The number of anilines is 1. The topological polar surface area (TPSA) is 86.8 Å². The molecule has 0 bridgehead atoms. The van der Waals surface area contributed by atoms with E-state index >= 15 is 0 Å². The number of halogens is 2. The Hall–Kier alpha value is -3.07. The summed E-state index contributed by atoms with van der Waals surface area (Å²) in [6.45, 7) is 1.28. The highest BCUT2D eigenvalue weighted by Gasteiger charge is 2.33. The quantitative estimate of drug-likeness (QED) is 0.396. The number of rotatable bonds is 10. The van der Waals surface area contributed by atoms with Gasteiger partial charge in [0, 0.05) is 30.1 Å². The number of amides is 2. The molecule has 0 fully saturated rings. The number of hydrogen-bond donors (Lipinski definition) is 1. The zero-order valence-corrected chi connectivity index (χ0v) is 23.1. The van der Waals surface area contributed by atoms with Crippen molar-refractivity contribution >= 4 is 50.7 Å². The van der Waals surface area contributed by atoms with Crippen molar-refractivity contribution in [3.8, 4) is 0 Å². The molecule has 1 atom stereocenters. The third kappa shape index (κ3) is 7.47. The first-order chi connectivity index (χ1) is 17.5. The first kappa shape index (κ1) is 28.5. The second-order valence-electron chi connectivity index (χ2n) is 8.64. The highest BCUT2D eigenvalue weighted by atomic mass is 35.5. The average Bonchev–Trinajstić information content (AvgIpc) is 2.86. The van der Waals surface area contributed by atoms with Crippen LogP contribution in [0.1, 0.15) is 16.7 Å². The smallest absolute Gasteiger partial charge is 0.244 e. The molecule has 0 aliphatic carbocycles. The molecule has 0 spiro atoms. The van der Waals surface area contributed by atoms with Gasteiger partial charge >= 0.3 is 0 Å². The number of aryl methyl sites for hydroxylation is 1. The van der Waals surface area contributed by atoms with Crippen LogP contribution in [-0.2, 0) is 32.6 Å². The van der Waals surface area contributed by atoms with Crippen molar-refractivity contribution in [1.82, 2.24) is 10.2 Å². The van der Waals surface area contributed by atoms with Crippen LogP contribution in [0.3, 0.4) is 0 Å². The average molecular weight is 563 g/mol. The fourth-order valence-electron chi connectivity index (χ4n) is 3.88. The van der Waals surface area contributed by atoms with E-state index in [0.29, 0.717) is 15.6 Å². The summed E-state index contributed by atoms with van der Waals surface area (Å²) in [5.41, 5.74) is 2.50. The van der Waals surface area contributed by atoms with Crippen LogP contribution in [0.5, 0.6) is 0 Å². The van der Waals surface area contributed by atoms with Crippen molar-refractivity contribution in [2.45, 2.75) is 25.9 Å². The molecule has 37 heavy (non-hydrogen) atoms. The molecule has 0 aliphatic heterocycles. The molecule has 2 amide bonds. The summed E-state index contributed by atoms with van der Waals surface area (Å²) in [5.74, 6) is -0.944. The first-order valence-corrected chi connectivity index (χ1v) is 14.1. The maximum atomic E-state index is 13.9. The fraction of sp³-hybridized carbons (Fsp3) is 0.259. The molecule has 3 aromatic rings. The molecule has 0 unspecified atom stereocenters. The van der Waals surface area contributed by atoms with Crippen LogP contribution in [0.2, 0.25) is 10.0 Å². The maximum absolute atomic E-state index is 13.9. The Morgan fingerprint density at radius 1 is 0.946 bits per heavy atom. The van der Waals surface area contributed by atoms with Crippen molar-refractivity contribution in [3.05, 3.63) is 99.5 Å². The summed E-state index contributed by atoms with van der Waals surface area (Å²) in [6.07, 6.45) is 1.25. The van der Waals surface area contributed by atoms with Gasteiger partial charge in [0.05, 0.1) is 11.9 Å². The standard InChI is InChI=1S/C27H29Cl2N3O4S/c1-19-13-14-22(16-24(19)29)32(37(3,35)36)18-26(33)31(17-21-11-7-8-12-23(21)28)25(27(34)30-2)15-20-9-5-4-6-10-20/h4-14,16,25H,15,17-18H2,1-3H3,(H,30,34)/t25-/m0/s1. The largest absolute Gasteiger partial charge is 0.357 e. The fourth-order valence-corrected chi connectivity index (χ4v) is 5.09. The van der Waals surface area contributed by atoms with Crippen LogP contribution in [0.4, 0.5) is 5.69 Å². The minimum absolute atomic E-state index is 0.00961. The summed E-state index contributed by atoms with van der Waals surface area (Å²) in [5, 5.41) is 3.44. The van der Waals surface area contributed by atoms with Gasteiger partial charge in [0.25, 0.3) is 0 Å². The Balaban J connectivity index is 2.05. The van der Waals surface area contributed by atoms with Crippen LogP contribution < -0.4 is 9.62 Å².